The highest BCUT2D eigenvalue weighted by Crippen LogP contribution is 2.10. The molecular formula is C15H29N3O3. The molecule has 0 saturated carbocycles. The number of aliphatic hydroxyl groups is 1. The Hall–Kier alpha value is -0.690. The third-order valence-electron chi connectivity index (χ3n) is 4.57. The molecule has 2 aliphatic rings. The van der Waals surface area contributed by atoms with Crippen molar-refractivity contribution in [2.75, 3.05) is 59.0 Å². The summed E-state index contributed by atoms with van der Waals surface area (Å²) in [6.07, 6.45) is 0.534. The Bertz CT molecular complexity index is 326. The number of aliphatic hydroxyl groups excluding tert-OH is 1. The first-order chi connectivity index (χ1) is 10.1. The summed E-state index contributed by atoms with van der Waals surface area (Å²) >= 11 is 0. The minimum absolute atomic E-state index is 0.0540. The summed E-state index contributed by atoms with van der Waals surface area (Å²) in [6, 6.07) is -0.0540. The topological polar surface area (TPSA) is 56.2 Å². The molecule has 0 bridgehead atoms. The van der Waals surface area contributed by atoms with Gasteiger partial charge in [0.05, 0.1) is 25.4 Å². The number of ether oxygens (including phenoxy) is 1. The monoisotopic (exact) mass is 299 g/mol. The van der Waals surface area contributed by atoms with Crippen molar-refractivity contribution >= 4 is 5.91 Å². The van der Waals surface area contributed by atoms with Gasteiger partial charge in [0.25, 0.3) is 0 Å². The fourth-order valence-electron chi connectivity index (χ4n) is 2.96. The van der Waals surface area contributed by atoms with E-state index in [0.717, 1.165) is 65.4 Å². The SMILES string of the molecule is CC[C@@H](O)CN1CCN(C(=O)[C@@H](C)N2CCOCC2)CC1. The summed E-state index contributed by atoms with van der Waals surface area (Å²) in [5.74, 6) is 0.229. The molecule has 0 radical (unpaired) electrons. The van der Waals surface area contributed by atoms with Crippen molar-refractivity contribution in [3.63, 3.8) is 0 Å². The number of rotatable bonds is 5. The second-order valence-electron chi connectivity index (χ2n) is 6.01. The molecule has 0 aromatic rings. The van der Waals surface area contributed by atoms with Crippen LogP contribution in [-0.4, -0.2) is 96.9 Å². The molecule has 2 rings (SSSR count). The van der Waals surface area contributed by atoms with Crippen LogP contribution in [0.15, 0.2) is 0 Å². The van der Waals surface area contributed by atoms with Gasteiger partial charge >= 0.3 is 0 Å². The summed E-state index contributed by atoms with van der Waals surface area (Å²) in [4.78, 5) is 19.0. The van der Waals surface area contributed by atoms with Crippen LogP contribution in [-0.2, 0) is 9.53 Å². The lowest BCUT2D eigenvalue weighted by atomic mass is 10.2. The Morgan fingerprint density at radius 3 is 2.33 bits per heavy atom. The third-order valence-corrected chi connectivity index (χ3v) is 4.57. The van der Waals surface area contributed by atoms with E-state index in [1.165, 1.54) is 0 Å². The molecule has 2 heterocycles. The van der Waals surface area contributed by atoms with Crippen LogP contribution in [0.1, 0.15) is 20.3 Å². The maximum Gasteiger partial charge on any atom is 0.239 e. The first-order valence-corrected chi connectivity index (χ1v) is 8.12. The molecular weight excluding hydrogens is 270 g/mol. The molecule has 0 unspecified atom stereocenters. The first-order valence-electron chi connectivity index (χ1n) is 8.12. The summed E-state index contributed by atoms with van der Waals surface area (Å²) in [5.41, 5.74) is 0. The largest absolute Gasteiger partial charge is 0.392 e. The molecule has 21 heavy (non-hydrogen) atoms. The zero-order valence-corrected chi connectivity index (χ0v) is 13.3. The van der Waals surface area contributed by atoms with E-state index in [-0.39, 0.29) is 18.1 Å². The molecule has 2 fully saturated rings. The van der Waals surface area contributed by atoms with Crippen molar-refractivity contribution in [1.29, 1.82) is 0 Å². The number of hydrogen-bond acceptors (Lipinski definition) is 5. The number of amides is 1. The highest BCUT2D eigenvalue weighted by Gasteiger charge is 2.29. The number of carbonyl (C=O) groups is 1. The predicted octanol–water partition coefficient (Wildman–Crippen LogP) is -0.378. The summed E-state index contributed by atoms with van der Waals surface area (Å²) < 4.78 is 5.34. The lowest BCUT2D eigenvalue weighted by molar-refractivity contribution is -0.140. The lowest BCUT2D eigenvalue weighted by Crippen LogP contribution is -2.56. The summed E-state index contributed by atoms with van der Waals surface area (Å²) in [7, 11) is 0. The Labute approximate surface area is 127 Å². The molecule has 2 atom stereocenters. The standard InChI is InChI=1S/C15H29N3O3/c1-3-14(19)12-16-4-6-18(7-5-16)15(20)13(2)17-8-10-21-11-9-17/h13-14,19H,3-12H2,1-2H3/t13-,14-/m1/s1. The Balaban J connectivity index is 1.77. The van der Waals surface area contributed by atoms with Crippen molar-refractivity contribution in [3.8, 4) is 0 Å². The number of carbonyl (C=O) groups excluding carboxylic acids is 1. The predicted molar refractivity (Wildman–Crippen MR) is 81.2 cm³/mol. The van der Waals surface area contributed by atoms with Gasteiger partial charge in [0, 0.05) is 45.8 Å². The van der Waals surface area contributed by atoms with Gasteiger partial charge < -0.3 is 14.7 Å². The highest BCUT2D eigenvalue weighted by molar-refractivity contribution is 5.81. The molecule has 0 aromatic carbocycles. The second-order valence-corrected chi connectivity index (χ2v) is 6.01. The van der Waals surface area contributed by atoms with Crippen molar-refractivity contribution < 1.29 is 14.6 Å². The first kappa shape index (κ1) is 16.7. The molecule has 6 heteroatoms. The molecule has 6 nitrogen and oxygen atoms in total. The smallest absolute Gasteiger partial charge is 0.239 e. The number of nitrogens with zero attached hydrogens (tertiary/aromatic N) is 3. The van der Waals surface area contributed by atoms with E-state index in [1.807, 2.05) is 18.7 Å². The van der Waals surface area contributed by atoms with Gasteiger partial charge in [-0.05, 0) is 13.3 Å². The van der Waals surface area contributed by atoms with Gasteiger partial charge in [0.15, 0.2) is 0 Å². The van der Waals surface area contributed by atoms with E-state index in [2.05, 4.69) is 9.80 Å². The van der Waals surface area contributed by atoms with Crippen molar-refractivity contribution in [1.82, 2.24) is 14.7 Å². The van der Waals surface area contributed by atoms with Gasteiger partial charge in [-0.3, -0.25) is 14.6 Å². The maximum atomic E-state index is 12.6. The molecule has 2 saturated heterocycles. The minimum atomic E-state index is -0.250. The van der Waals surface area contributed by atoms with E-state index >= 15 is 0 Å². The van der Waals surface area contributed by atoms with E-state index in [0.29, 0.717) is 0 Å². The van der Waals surface area contributed by atoms with E-state index in [9.17, 15) is 9.90 Å². The molecule has 2 aliphatic heterocycles. The van der Waals surface area contributed by atoms with Gasteiger partial charge in [-0.25, -0.2) is 0 Å². The van der Waals surface area contributed by atoms with Gasteiger partial charge in [-0.2, -0.15) is 0 Å². The van der Waals surface area contributed by atoms with Gasteiger partial charge in [0.2, 0.25) is 5.91 Å². The van der Waals surface area contributed by atoms with E-state index < -0.39 is 0 Å². The average molecular weight is 299 g/mol. The minimum Gasteiger partial charge on any atom is -0.392 e. The Morgan fingerprint density at radius 1 is 1.14 bits per heavy atom. The van der Waals surface area contributed by atoms with Crippen LogP contribution in [0.5, 0.6) is 0 Å². The molecule has 0 spiro atoms. The van der Waals surface area contributed by atoms with Crippen LogP contribution in [0.4, 0.5) is 0 Å². The van der Waals surface area contributed by atoms with Crippen LogP contribution in [0.3, 0.4) is 0 Å². The van der Waals surface area contributed by atoms with Crippen molar-refractivity contribution in [2.24, 2.45) is 0 Å². The molecule has 0 aliphatic carbocycles. The molecule has 1 amide bonds. The zero-order valence-electron chi connectivity index (χ0n) is 13.3. The van der Waals surface area contributed by atoms with Crippen LogP contribution >= 0.6 is 0 Å². The van der Waals surface area contributed by atoms with Crippen LogP contribution in [0.2, 0.25) is 0 Å². The Morgan fingerprint density at radius 2 is 1.76 bits per heavy atom. The molecule has 0 aromatic heterocycles. The van der Waals surface area contributed by atoms with Crippen molar-refractivity contribution in [2.45, 2.75) is 32.4 Å². The number of morpholine rings is 1. The van der Waals surface area contributed by atoms with Gasteiger partial charge in [-0.1, -0.05) is 6.92 Å². The van der Waals surface area contributed by atoms with Gasteiger partial charge in [0.1, 0.15) is 0 Å². The molecule has 122 valence electrons. The normalized spacial score (nSPS) is 24.8. The van der Waals surface area contributed by atoms with Crippen LogP contribution in [0, 0.1) is 0 Å². The van der Waals surface area contributed by atoms with E-state index in [4.69, 9.17) is 4.74 Å². The lowest BCUT2D eigenvalue weighted by Gasteiger charge is -2.39. The summed E-state index contributed by atoms with van der Waals surface area (Å²) in [6.45, 7) is 11.1. The van der Waals surface area contributed by atoms with Crippen LogP contribution < -0.4 is 0 Å². The highest BCUT2D eigenvalue weighted by atomic mass is 16.5. The maximum absolute atomic E-state index is 12.6. The summed E-state index contributed by atoms with van der Waals surface area (Å²) in [5, 5.41) is 9.70. The fraction of sp³-hybridized carbons (Fsp3) is 0.933. The van der Waals surface area contributed by atoms with Crippen LogP contribution in [0.25, 0.3) is 0 Å². The number of β-amino-alcohol motifs (C(OH)–C–C–N with tert-alkyl or cyclic N) is 1. The second kappa shape index (κ2) is 8.08. The average Bonchev–Trinajstić information content (AvgIpc) is 2.55. The fourth-order valence-corrected chi connectivity index (χ4v) is 2.96. The zero-order chi connectivity index (χ0) is 15.2. The van der Waals surface area contributed by atoms with Crippen molar-refractivity contribution in [3.05, 3.63) is 0 Å². The molecule has 1 N–H and O–H groups in total. The third kappa shape index (κ3) is 4.64. The van der Waals surface area contributed by atoms with E-state index in [1.54, 1.807) is 0 Å². The number of hydrogen-bond donors (Lipinski definition) is 1. The number of piperazine rings is 1. The quantitative estimate of drug-likeness (QED) is 0.750. The van der Waals surface area contributed by atoms with Gasteiger partial charge in [-0.15, -0.1) is 0 Å². The Kier molecular flexibility index (Phi) is 6.41.